The lowest BCUT2D eigenvalue weighted by Gasteiger charge is -2.35. The first-order valence-corrected chi connectivity index (χ1v) is 8.87. The Labute approximate surface area is 139 Å². The van der Waals surface area contributed by atoms with E-state index in [-0.39, 0.29) is 11.9 Å². The van der Waals surface area contributed by atoms with Crippen LogP contribution >= 0.6 is 23.4 Å². The van der Waals surface area contributed by atoms with Crippen LogP contribution in [0.5, 0.6) is 0 Å². The van der Waals surface area contributed by atoms with Gasteiger partial charge in [0.25, 0.3) is 5.91 Å². The number of amides is 1. The van der Waals surface area contributed by atoms with Crippen LogP contribution in [0.1, 0.15) is 42.5 Å². The van der Waals surface area contributed by atoms with Crippen molar-refractivity contribution in [2.45, 2.75) is 42.5 Å². The summed E-state index contributed by atoms with van der Waals surface area (Å²) in [5.41, 5.74) is -0.537. The summed E-state index contributed by atoms with van der Waals surface area (Å²) in [5.74, 6) is -0.703. The highest BCUT2D eigenvalue weighted by atomic mass is 35.5. The molecule has 1 saturated carbocycles. The van der Waals surface area contributed by atoms with Crippen LogP contribution in [0.15, 0.2) is 23.1 Å². The second kappa shape index (κ2) is 7.38. The smallest absolute Gasteiger partial charge is 0.331 e. The fourth-order valence-corrected chi connectivity index (χ4v) is 3.46. The van der Waals surface area contributed by atoms with Crippen molar-refractivity contribution in [1.29, 1.82) is 0 Å². The molecule has 0 radical (unpaired) electrons. The standard InChI is InChI=1S/C16H20ClNO3S/c1-21-15(20)16(8-4-3-5-9-16)18-14(19)12-10-11(22-2)6-7-13(12)17/h6-7,10H,3-5,8-9H2,1-2H3,(H,18,19). The third kappa shape index (κ3) is 3.58. The van der Waals surface area contributed by atoms with E-state index in [1.165, 1.54) is 18.9 Å². The van der Waals surface area contributed by atoms with Gasteiger partial charge in [-0.05, 0) is 37.3 Å². The fraction of sp³-hybridized carbons (Fsp3) is 0.500. The van der Waals surface area contributed by atoms with Crippen LogP contribution in [-0.4, -0.2) is 30.8 Å². The second-order valence-corrected chi connectivity index (χ2v) is 6.72. The number of rotatable bonds is 4. The van der Waals surface area contributed by atoms with E-state index in [9.17, 15) is 9.59 Å². The predicted octanol–water partition coefficient (Wildman–Crippen LogP) is 3.67. The number of halogens is 1. The highest BCUT2D eigenvalue weighted by Crippen LogP contribution is 2.31. The molecular weight excluding hydrogens is 322 g/mol. The maximum atomic E-state index is 12.6. The lowest BCUT2D eigenvalue weighted by molar-refractivity contribution is -0.149. The molecule has 4 nitrogen and oxygen atoms in total. The number of hydrogen-bond donors (Lipinski definition) is 1. The zero-order valence-electron chi connectivity index (χ0n) is 12.8. The Morgan fingerprint density at radius 2 is 1.95 bits per heavy atom. The molecule has 120 valence electrons. The summed E-state index contributed by atoms with van der Waals surface area (Å²) in [7, 11) is 1.35. The number of nitrogens with one attached hydrogen (secondary N) is 1. The van der Waals surface area contributed by atoms with E-state index in [0.29, 0.717) is 23.4 Å². The van der Waals surface area contributed by atoms with Gasteiger partial charge in [0.2, 0.25) is 0 Å². The average molecular weight is 342 g/mol. The van der Waals surface area contributed by atoms with Crippen LogP contribution < -0.4 is 5.32 Å². The number of methoxy groups -OCH3 is 1. The van der Waals surface area contributed by atoms with Crippen molar-refractivity contribution < 1.29 is 14.3 Å². The first-order chi connectivity index (χ1) is 10.5. The van der Waals surface area contributed by atoms with E-state index < -0.39 is 5.54 Å². The fourth-order valence-electron chi connectivity index (χ4n) is 2.82. The molecule has 22 heavy (non-hydrogen) atoms. The summed E-state index contributed by atoms with van der Waals surface area (Å²) in [6.45, 7) is 0. The SMILES string of the molecule is COC(=O)C1(NC(=O)c2cc(SC)ccc2Cl)CCCCC1. The maximum absolute atomic E-state index is 12.6. The first kappa shape index (κ1) is 17.2. The molecule has 0 aliphatic heterocycles. The van der Waals surface area contributed by atoms with E-state index >= 15 is 0 Å². The molecular formula is C16H20ClNO3S. The first-order valence-electron chi connectivity index (χ1n) is 7.27. The van der Waals surface area contributed by atoms with E-state index in [1.54, 1.807) is 12.1 Å². The molecule has 0 aromatic heterocycles. The van der Waals surface area contributed by atoms with E-state index in [2.05, 4.69) is 5.32 Å². The molecule has 1 aromatic rings. The lowest BCUT2D eigenvalue weighted by atomic mass is 9.81. The molecule has 0 atom stereocenters. The molecule has 1 fully saturated rings. The van der Waals surface area contributed by atoms with Gasteiger partial charge in [0.05, 0.1) is 17.7 Å². The molecule has 0 unspecified atom stereocenters. The van der Waals surface area contributed by atoms with E-state index in [1.807, 2.05) is 12.3 Å². The van der Waals surface area contributed by atoms with Crippen molar-refractivity contribution >= 4 is 35.2 Å². The minimum atomic E-state index is -0.928. The Morgan fingerprint density at radius 3 is 2.55 bits per heavy atom. The van der Waals surface area contributed by atoms with Crippen molar-refractivity contribution in [2.24, 2.45) is 0 Å². The normalized spacial score (nSPS) is 16.9. The minimum Gasteiger partial charge on any atom is -0.467 e. The number of esters is 1. The van der Waals surface area contributed by atoms with Crippen LogP contribution in [0, 0.1) is 0 Å². The minimum absolute atomic E-state index is 0.326. The monoisotopic (exact) mass is 341 g/mol. The quantitative estimate of drug-likeness (QED) is 0.670. The van der Waals surface area contributed by atoms with Crippen molar-refractivity contribution in [1.82, 2.24) is 5.32 Å². The van der Waals surface area contributed by atoms with Crippen molar-refractivity contribution in [3.8, 4) is 0 Å². The predicted molar refractivity (Wildman–Crippen MR) is 88.5 cm³/mol. The summed E-state index contributed by atoms with van der Waals surface area (Å²) in [4.78, 5) is 25.8. The van der Waals surface area contributed by atoms with Gasteiger partial charge in [-0.2, -0.15) is 0 Å². The van der Waals surface area contributed by atoms with Gasteiger partial charge in [-0.3, -0.25) is 4.79 Å². The number of carbonyl (C=O) groups is 2. The van der Waals surface area contributed by atoms with Crippen LogP contribution in [0.2, 0.25) is 5.02 Å². The van der Waals surface area contributed by atoms with Crippen LogP contribution in [0.25, 0.3) is 0 Å². The van der Waals surface area contributed by atoms with Crippen molar-refractivity contribution in [2.75, 3.05) is 13.4 Å². The largest absolute Gasteiger partial charge is 0.467 e. The molecule has 1 aliphatic rings. The second-order valence-electron chi connectivity index (χ2n) is 5.43. The average Bonchev–Trinajstić information content (AvgIpc) is 2.55. The number of hydrogen-bond acceptors (Lipinski definition) is 4. The van der Waals surface area contributed by atoms with Crippen LogP contribution in [-0.2, 0) is 9.53 Å². The van der Waals surface area contributed by atoms with Gasteiger partial charge < -0.3 is 10.1 Å². The molecule has 0 spiro atoms. The van der Waals surface area contributed by atoms with Gasteiger partial charge in [0.1, 0.15) is 5.54 Å². The molecule has 1 amide bonds. The molecule has 0 saturated heterocycles. The van der Waals surface area contributed by atoms with E-state index in [0.717, 1.165) is 24.2 Å². The summed E-state index contributed by atoms with van der Waals surface area (Å²) in [5, 5.41) is 3.26. The summed E-state index contributed by atoms with van der Waals surface area (Å²) < 4.78 is 4.91. The molecule has 0 heterocycles. The number of thioether (sulfide) groups is 1. The third-order valence-corrected chi connectivity index (χ3v) is 5.11. The summed E-state index contributed by atoms with van der Waals surface area (Å²) in [6, 6.07) is 5.31. The molecule has 2 rings (SSSR count). The number of carbonyl (C=O) groups excluding carboxylic acids is 2. The maximum Gasteiger partial charge on any atom is 0.331 e. The van der Waals surface area contributed by atoms with Gasteiger partial charge in [-0.25, -0.2) is 4.79 Å². The van der Waals surface area contributed by atoms with Crippen LogP contribution in [0.3, 0.4) is 0 Å². The highest BCUT2D eigenvalue weighted by Gasteiger charge is 2.42. The Hall–Kier alpha value is -1.20. The highest BCUT2D eigenvalue weighted by molar-refractivity contribution is 7.98. The Kier molecular flexibility index (Phi) is 5.75. The zero-order valence-corrected chi connectivity index (χ0v) is 14.4. The van der Waals surface area contributed by atoms with Gasteiger partial charge in [-0.15, -0.1) is 11.8 Å². The topological polar surface area (TPSA) is 55.4 Å². The van der Waals surface area contributed by atoms with Crippen LogP contribution in [0.4, 0.5) is 0 Å². The molecule has 1 N–H and O–H groups in total. The zero-order chi connectivity index (χ0) is 16.2. The van der Waals surface area contributed by atoms with E-state index in [4.69, 9.17) is 16.3 Å². The number of ether oxygens (including phenoxy) is 1. The Bertz CT molecular complexity index is 571. The Balaban J connectivity index is 2.26. The van der Waals surface area contributed by atoms with Crippen molar-refractivity contribution in [3.63, 3.8) is 0 Å². The van der Waals surface area contributed by atoms with Gasteiger partial charge in [0.15, 0.2) is 0 Å². The molecule has 1 aliphatic carbocycles. The molecule has 6 heteroatoms. The number of benzene rings is 1. The van der Waals surface area contributed by atoms with Gasteiger partial charge in [0, 0.05) is 4.90 Å². The van der Waals surface area contributed by atoms with Gasteiger partial charge in [-0.1, -0.05) is 30.9 Å². The Morgan fingerprint density at radius 1 is 1.27 bits per heavy atom. The summed E-state index contributed by atoms with van der Waals surface area (Å²) >= 11 is 7.67. The molecule has 0 bridgehead atoms. The van der Waals surface area contributed by atoms with Crippen molar-refractivity contribution in [3.05, 3.63) is 28.8 Å². The third-order valence-electron chi connectivity index (χ3n) is 4.05. The lowest BCUT2D eigenvalue weighted by Crippen LogP contribution is -2.56. The van der Waals surface area contributed by atoms with Gasteiger partial charge >= 0.3 is 5.97 Å². The summed E-state index contributed by atoms with van der Waals surface area (Å²) in [6.07, 6.45) is 6.00. The molecule has 1 aromatic carbocycles.